The van der Waals surface area contributed by atoms with Crippen LogP contribution in [0.1, 0.15) is 43.6 Å². The van der Waals surface area contributed by atoms with E-state index in [9.17, 15) is 17.9 Å². The first-order chi connectivity index (χ1) is 15.3. The third kappa shape index (κ3) is 5.57. The Hall–Kier alpha value is -2.23. The van der Waals surface area contributed by atoms with Crippen molar-refractivity contribution in [2.45, 2.75) is 56.2 Å². The molecule has 174 valence electrons. The van der Waals surface area contributed by atoms with Crippen LogP contribution in [-0.4, -0.2) is 56.1 Å². The number of benzene rings is 1. The fourth-order valence-electron chi connectivity index (χ4n) is 4.93. The van der Waals surface area contributed by atoms with Crippen molar-refractivity contribution in [2.24, 2.45) is 0 Å². The molecule has 1 saturated heterocycles. The van der Waals surface area contributed by atoms with Gasteiger partial charge in [-0.25, -0.2) is 22.5 Å². The largest absolute Gasteiger partial charge is 0.493 e. The summed E-state index contributed by atoms with van der Waals surface area (Å²) in [5.74, 6) is -0.302. The Bertz CT molecular complexity index is 1010. The van der Waals surface area contributed by atoms with E-state index in [0.29, 0.717) is 18.9 Å². The minimum atomic E-state index is -3.43. The summed E-state index contributed by atoms with van der Waals surface area (Å²) in [5, 5.41) is 9.74. The topological polar surface area (TPSA) is 91.8 Å². The van der Waals surface area contributed by atoms with Crippen molar-refractivity contribution < 1.29 is 22.7 Å². The van der Waals surface area contributed by atoms with Gasteiger partial charge in [0.1, 0.15) is 0 Å². The molecule has 0 radical (unpaired) electrons. The fourth-order valence-corrected chi connectivity index (χ4v) is 5.76. The van der Waals surface area contributed by atoms with Gasteiger partial charge in [-0.1, -0.05) is 30.3 Å². The highest BCUT2D eigenvalue weighted by molar-refractivity contribution is 7.88. The van der Waals surface area contributed by atoms with Crippen LogP contribution in [0.4, 0.5) is 10.1 Å². The van der Waals surface area contributed by atoms with E-state index < -0.39 is 21.9 Å². The number of nitrogens with one attached hydrogen (secondary N) is 1. The molecule has 1 aliphatic heterocycles. The molecule has 0 bridgehead atoms. The van der Waals surface area contributed by atoms with E-state index in [1.165, 1.54) is 11.6 Å². The third-order valence-corrected chi connectivity index (χ3v) is 7.22. The van der Waals surface area contributed by atoms with E-state index in [0.717, 1.165) is 38.1 Å². The standard InChI is InChI=1S/C23H30FN3O4S/c1-32(29,30)26-20-11-12-27(21-13-23(28)25-14-19(21)24)22(20)15-31-18-9-7-17(8-10-18)16-5-3-2-4-6-16/h2-6,13-14,17-18,20,22,26H,7-12,15H2,1H3,(H,25,28)/t17?,18?,20-,22-/m0/s1. The van der Waals surface area contributed by atoms with Crippen LogP contribution in [0.25, 0.3) is 0 Å². The Morgan fingerprint density at radius 1 is 1.19 bits per heavy atom. The molecule has 1 aromatic heterocycles. The third-order valence-electron chi connectivity index (χ3n) is 6.49. The Morgan fingerprint density at radius 2 is 1.91 bits per heavy atom. The number of halogens is 1. The first-order valence-electron chi connectivity index (χ1n) is 11.0. The minimum Gasteiger partial charge on any atom is -0.493 e. The average molecular weight is 464 g/mol. The average Bonchev–Trinajstić information content (AvgIpc) is 3.15. The van der Waals surface area contributed by atoms with Gasteiger partial charge in [-0.05, 0) is 43.6 Å². The summed E-state index contributed by atoms with van der Waals surface area (Å²) in [4.78, 5) is 5.35. The quantitative estimate of drug-likeness (QED) is 0.655. The van der Waals surface area contributed by atoms with Crippen LogP contribution in [0.5, 0.6) is 5.88 Å². The van der Waals surface area contributed by atoms with Gasteiger partial charge >= 0.3 is 0 Å². The van der Waals surface area contributed by atoms with E-state index in [2.05, 4.69) is 34.0 Å². The maximum absolute atomic E-state index is 14.5. The summed E-state index contributed by atoms with van der Waals surface area (Å²) in [6.07, 6.45) is 6.66. The molecule has 1 saturated carbocycles. The predicted molar refractivity (Wildman–Crippen MR) is 121 cm³/mol. The lowest BCUT2D eigenvalue weighted by Gasteiger charge is -2.33. The number of nitrogens with zero attached hydrogens (tertiary/aromatic N) is 2. The van der Waals surface area contributed by atoms with Crippen LogP contribution in [0.15, 0.2) is 42.6 Å². The van der Waals surface area contributed by atoms with Crippen molar-refractivity contribution in [3.63, 3.8) is 0 Å². The molecule has 0 unspecified atom stereocenters. The molecule has 1 aromatic carbocycles. The highest BCUT2D eigenvalue weighted by Gasteiger charge is 2.38. The van der Waals surface area contributed by atoms with Gasteiger partial charge in [-0.2, -0.15) is 0 Å². The summed E-state index contributed by atoms with van der Waals surface area (Å²) in [5.41, 5.74) is 1.56. The van der Waals surface area contributed by atoms with Crippen molar-refractivity contribution in [3.8, 4) is 5.88 Å². The molecule has 0 spiro atoms. The number of anilines is 1. The van der Waals surface area contributed by atoms with Crippen molar-refractivity contribution >= 4 is 15.7 Å². The van der Waals surface area contributed by atoms with Crippen LogP contribution in [0.2, 0.25) is 0 Å². The number of sulfonamides is 1. The van der Waals surface area contributed by atoms with Crippen LogP contribution < -0.4 is 9.62 Å². The lowest BCUT2D eigenvalue weighted by molar-refractivity contribution is 0.0156. The second-order valence-electron chi connectivity index (χ2n) is 8.76. The normalized spacial score (nSPS) is 26.4. The zero-order valence-electron chi connectivity index (χ0n) is 18.2. The summed E-state index contributed by atoms with van der Waals surface area (Å²) in [7, 11) is -3.43. The van der Waals surface area contributed by atoms with Gasteiger partial charge in [0.25, 0.3) is 0 Å². The highest BCUT2D eigenvalue weighted by Crippen LogP contribution is 2.35. The van der Waals surface area contributed by atoms with Gasteiger partial charge in [0.2, 0.25) is 15.9 Å². The number of hydrogen-bond acceptors (Lipinski definition) is 6. The molecule has 1 aliphatic carbocycles. The SMILES string of the molecule is CS(=O)(=O)N[C@H]1CCN(c2cc(O)ncc2F)[C@H]1COC1CCC(c2ccccc2)CC1. The van der Waals surface area contributed by atoms with Gasteiger partial charge < -0.3 is 14.7 Å². The van der Waals surface area contributed by atoms with Crippen LogP contribution >= 0.6 is 0 Å². The van der Waals surface area contributed by atoms with Gasteiger partial charge in [0, 0.05) is 18.7 Å². The number of hydrogen-bond donors (Lipinski definition) is 2. The lowest BCUT2D eigenvalue weighted by Crippen LogP contribution is -2.48. The van der Waals surface area contributed by atoms with Gasteiger partial charge in [0.15, 0.2) is 5.82 Å². The van der Waals surface area contributed by atoms with Crippen molar-refractivity contribution in [3.05, 3.63) is 54.0 Å². The zero-order valence-corrected chi connectivity index (χ0v) is 19.0. The van der Waals surface area contributed by atoms with Crippen LogP contribution in [0, 0.1) is 5.82 Å². The van der Waals surface area contributed by atoms with Gasteiger partial charge in [0.05, 0.1) is 36.9 Å². The number of rotatable bonds is 7. The van der Waals surface area contributed by atoms with Crippen molar-refractivity contribution in [1.82, 2.24) is 9.71 Å². The van der Waals surface area contributed by atoms with E-state index in [4.69, 9.17) is 4.74 Å². The second-order valence-corrected chi connectivity index (χ2v) is 10.5. The Morgan fingerprint density at radius 3 is 2.59 bits per heavy atom. The molecule has 2 heterocycles. The molecule has 2 aromatic rings. The van der Waals surface area contributed by atoms with E-state index >= 15 is 0 Å². The zero-order chi connectivity index (χ0) is 22.7. The molecule has 4 rings (SSSR count). The molecule has 2 fully saturated rings. The lowest BCUT2D eigenvalue weighted by atomic mass is 9.83. The summed E-state index contributed by atoms with van der Waals surface area (Å²) in [6, 6.07) is 11.0. The molecule has 2 aliphatic rings. The molecule has 2 atom stereocenters. The minimum absolute atomic E-state index is 0.0898. The van der Waals surface area contributed by atoms with E-state index in [1.807, 2.05) is 6.07 Å². The molecule has 0 amide bonds. The van der Waals surface area contributed by atoms with Gasteiger partial charge in [-0.15, -0.1) is 0 Å². The van der Waals surface area contributed by atoms with Crippen molar-refractivity contribution in [2.75, 3.05) is 24.3 Å². The molecular formula is C23H30FN3O4S. The van der Waals surface area contributed by atoms with E-state index in [1.54, 1.807) is 4.90 Å². The van der Waals surface area contributed by atoms with Crippen LogP contribution in [-0.2, 0) is 14.8 Å². The van der Waals surface area contributed by atoms with E-state index in [-0.39, 0.29) is 30.3 Å². The smallest absolute Gasteiger partial charge is 0.212 e. The van der Waals surface area contributed by atoms with Crippen molar-refractivity contribution in [1.29, 1.82) is 0 Å². The molecule has 32 heavy (non-hydrogen) atoms. The first-order valence-corrected chi connectivity index (χ1v) is 12.9. The monoisotopic (exact) mass is 463 g/mol. The Kier molecular flexibility index (Phi) is 6.97. The Labute approximate surface area is 188 Å². The fraction of sp³-hybridized carbons (Fsp3) is 0.522. The number of aromatic hydroxyl groups is 1. The van der Waals surface area contributed by atoms with Crippen LogP contribution in [0.3, 0.4) is 0 Å². The summed E-state index contributed by atoms with van der Waals surface area (Å²) in [6.45, 7) is 0.721. The highest BCUT2D eigenvalue weighted by atomic mass is 32.2. The number of ether oxygens (including phenoxy) is 1. The first kappa shape index (κ1) is 22.9. The molecular weight excluding hydrogens is 433 g/mol. The maximum atomic E-state index is 14.5. The summed E-state index contributed by atoms with van der Waals surface area (Å²) < 4.78 is 47.1. The molecule has 7 nitrogen and oxygen atoms in total. The molecule has 9 heteroatoms. The summed E-state index contributed by atoms with van der Waals surface area (Å²) >= 11 is 0. The molecule has 2 N–H and O–H groups in total. The number of aromatic nitrogens is 1. The predicted octanol–water partition coefficient (Wildman–Crippen LogP) is 3.17. The van der Waals surface area contributed by atoms with Gasteiger partial charge in [-0.3, -0.25) is 0 Å². The maximum Gasteiger partial charge on any atom is 0.212 e. The Balaban J connectivity index is 1.42. The number of pyridine rings is 1. The second kappa shape index (κ2) is 9.72.